The maximum absolute atomic E-state index is 12.8. The van der Waals surface area contributed by atoms with Crippen LogP contribution >= 0.6 is 0 Å². The van der Waals surface area contributed by atoms with E-state index in [0.29, 0.717) is 6.01 Å². The smallest absolute Gasteiger partial charge is 0.298 e. The summed E-state index contributed by atoms with van der Waals surface area (Å²) in [6.45, 7) is 6.11. The summed E-state index contributed by atoms with van der Waals surface area (Å²) in [4.78, 5) is 21.9. The zero-order chi connectivity index (χ0) is 21.2. The third-order valence-corrected chi connectivity index (χ3v) is 6.70. The molecule has 6 heteroatoms. The van der Waals surface area contributed by atoms with Gasteiger partial charge in [-0.05, 0) is 68.0 Å². The molecule has 5 rings (SSSR count). The minimum Gasteiger partial charge on any atom is -0.423 e. The van der Waals surface area contributed by atoms with Gasteiger partial charge in [-0.2, -0.15) is 4.98 Å². The normalized spacial score (nSPS) is 18.5. The Balaban J connectivity index is 1.14. The summed E-state index contributed by atoms with van der Waals surface area (Å²) in [5.74, 6) is 0.949. The summed E-state index contributed by atoms with van der Waals surface area (Å²) in [7, 11) is 0. The SMILES string of the molecule is CC1CCN(c2ccc(NC(=O)C3CCN(c4nc5ccccc5o4)CC3)cc2)CC1. The number of rotatable bonds is 4. The predicted molar refractivity (Wildman–Crippen MR) is 125 cm³/mol. The lowest BCUT2D eigenvalue weighted by atomic mass is 9.96. The molecule has 6 nitrogen and oxygen atoms in total. The van der Waals surface area contributed by atoms with E-state index in [0.717, 1.165) is 61.7 Å². The van der Waals surface area contributed by atoms with Crippen LogP contribution in [0.1, 0.15) is 32.6 Å². The minimum absolute atomic E-state index is 0.0175. The average Bonchev–Trinajstić information content (AvgIpc) is 3.25. The number of oxazole rings is 1. The van der Waals surface area contributed by atoms with E-state index in [1.807, 2.05) is 36.4 Å². The monoisotopic (exact) mass is 418 g/mol. The molecule has 1 amide bonds. The molecule has 2 aromatic carbocycles. The second-order valence-corrected chi connectivity index (χ2v) is 8.93. The van der Waals surface area contributed by atoms with Gasteiger partial charge < -0.3 is 19.5 Å². The fraction of sp³-hybridized carbons (Fsp3) is 0.440. The van der Waals surface area contributed by atoms with Crippen molar-refractivity contribution >= 4 is 34.4 Å². The molecule has 31 heavy (non-hydrogen) atoms. The molecule has 3 aromatic rings. The van der Waals surface area contributed by atoms with Gasteiger partial charge in [0.05, 0.1) is 0 Å². The van der Waals surface area contributed by atoms with E-state index >= 15 is 0 Å². The van der Waals surface area contributed by atoms with E-state index in [1.54, 1.807) is 0 Å². The van der Waals surface area contributed by atoms with Crippen LogP contribution in [-0.2, 0) is 4.79 Å². The molecular weight excluding hydrogens is 388 g/mol. The maximum Gasteiger partial charge on any atom is 0.298 e. The molecule has 2 aliphatic heterocycles. The Morgan fingerprint density at radius 3 is 2.32 bits per heavy atom. The highest BCUT2D eigenvalue weighted by Crippen LogP contribution is 2.28. The molecule has 0 aliphatic carbocycles. The van der Waals surface area contributed by atoms with Gasteiger partial charge in [0.1, 0.15) is 5.52 Å². The Labute approximate surface area is 183 Å². The third kappa shape index (κ3) is 4.38. The quantitative estimate of drug-likeness (QED) is 0.652. The first-order valence-corrected chi connectivity index (χ1v) is 11.4. The lowest BCUT2D eigenvalue weighted by molar-refractivity contribution is -0.120. The molecule has 3 heterocycles. The van der Waals surface area contributed by atoms with Gasteiger partial charge in [0, 0.05) is 43.5 Å². The van der Waals surface area contributed by atoms with Gasteiger partial charge in [-0.25, -0.2) is 0 Å². The number of carbonyl (C=O) groups excluding carboxylic acids is 1. The number of aromatic nitrogens is 1. The molecule has 0 saturated carbocycles. The number of nitrogens with one attached hydrogen (secondary N) is 1. The van der Waals surface area contributed by atoms with E-state index < -0.39 is 0 Å². The van der Waals surface area contributed by atoms with Crippen molar-refractivity contribution in [3.63, 3.8) is 0 Å². The molecule has 0 spiro atoms. The van der Waals surface area contributed by atoms with Crippen molar-refractivity contribution in [3.8, 4) is 0 Å². The second-order valence-electron chi connectivity index (χ2n) is 8.93. The molecule has 0 bridgehead atoms. The molecule has 0 atom stereocenters. The Morgan fingerprint density at radius 2 is 1.61 bits per heavy atom. The van der Waals surface area contributed by atoms with E-state index in [-0.39, 0.29) is 11.8 Å². The second kappa shape index (κ2) is 8.61. The summed E-state index contributed by atoms with van der Waals surface area (Å²) in [5, 5.41) is 3.11. The third-order valence-electron chi connectivity index (χ3n) is 6.70. The Morgan fingerprint density at radius 1 is 0.935 bits per heavy atom. The van der Waals surface area contributed by atoms with Crippen LogP contribution in [0.3, 0.4) is 0 Å². The molecule has 162 valence electrons. The number of piperidine rings is 2. The van der Waals surface area contributed by atoms with Crippen LogP contribution in [0, 0.1) is 11.8 Å². The van der Waals surface area contributed by atoms with Gasteiger partial charge >= 0.3 is 0 Å². The van der Waals surface area contributed by atoms with E-state index in [1.165, 1.54) is 18.5 Å². The van der Waals surface area contributed by atoms with Crippen LogP contribution in [-0.4, -0.2) is 37.1 Å². The number of fused-ring (bicyclic) bond motifs is 1. The zero-order valence-electron chi connectivity index (χ0n) is 18.1. The molecule has 0 radical (unpaired) electrons. The molecule has 2 fully saturated rings. The minimum atomic E-state index is 0.0175. The van der Waals surface area contributed by atoms with Crippen LogP contribution in [0.2, 0.25) is 0 Å². The van der Waals surface area contributed by atoms with Crippen molar-refractivity contribution in [3.05, 3.63) is 48.5 Å². The average molecular weight is 419 g/mol. The highest BCUT2D eigenvalue weighted by Gasteiger charge is 2.27. The summed E-state index contributed by atoms with van der Waals surface area (Å²) in [6.07, 6.45) is 4.10. The number of amides is 1. The van der Waals surface area contributed by atoms with Crippen LogP contribution in [0.25, 0.3) is 11.1 Å². The Kier molecular flexibility index (Phi) is 5.53. The van der Waals surface area contributed by atoms with Crippen molar-refractivity contribution in [2.75, 3.05) is 41.3 Å². The van der Waals surface area contributed by atoms with Crippen LogP contribution < -0.4 is 15.1 Å². The molecular formula is C25H30N4O2. The topological polar surface area (TPSA) is 61.6 Å². The first-order chi connectivity index (χ1) is 15.2. The summed E-state index contributed by atoms with van der Waals surface area (Å²) >= 11 is 0. The van der Waals surface area contributed by atoms with E-state index in [4.69, 9.17) is 4.42 Å². The first kappa shape index (κ1) is 19.9. The highest BCUT2D eigenvalue weighted by molar-refractivity contribution is 5.92. The summed E-state index contributed by atoms with van der Waals surface area (Å²) < 4.78 is 5.88. The largest absolute Gasteiger partial charge is 0.423 e. The number of anilines is 3. The lowest BCUT2D eigenvalue weighted by Crippen LogP contribution is -2.38. The van der Waals surface area contributed by atoms with Gasteiger partial charge in [0.15, 0.2) is 5.58 Å². The van der Waals surface area contributed by atoms with Crippen molar-refractivity contribution in [1.29, 1.82) is 0 Å². The number of nitrogens with zero attached hydrogens (tertiary/aromatic N) is 3. The van der Waals surface area contributed by atoms with Gasteiger partial charge in [-0.15, -0.1) is 0 Å². The zero-order valence-corrected chi connectivity index (χ0v) is 18.1. The van der Waals surface area contributed by atoms with E-state index in [9.17, 15) is 4.79 Å². The fourth-order valence-corrected chi connectivity index (χ4v) is 4.59. The fourth-order valence-electron chi connectivity index (χ4n) is 4.59. The molecule has 1 N–H and O–H groups in total. The molecule has 2 saturated heterocycles. The van der Waals surface area contributed by atoms with Crippen molar-refractivity contribution in [2.45, 2.75) is 32.6 Å². The number of para-hydroxylation sites is 2. The molecule has 0 unspecified atom stereocenters. The number of hydrogen-bond acceptors (Lipinski definition) is 5. The van der Waals surface area contributed by atoms with Gasteiger partial charge in [-0.3, -0.25) is 4.79 Å². The van der Waals surface area contributed by atoms with Crippen molar-refractivity contribution in [1.82, 2.24) is 4.98 Å². The summed E-state index contributed by atoms with van der Waals surface area (Å²) in [5.41, 5.74) is 3.80. The number of benzene rings is 2. The van der Waals surface area contributed by atoms with Gasteiger partial charge in [-0.1, -0.05) is 19.1 Å². The van der Waals surface area contributed by atoms with E-state index in [2.05, 4.69) is 39.2 Å². The van der Waals surface area contributed by atoms with Gasteiger partial charge in [0.2, 0.25) is 5.91 Å². The maximum atomic E-state index is 12.8. The van der Waals surface area contributed by atoms with Crippen molar-refractivity contribution < 1.29 is 9.21 Å². The van der Waals surface area contributed by atoms with Crippen molar-refractivity contribution in [2.24, 2.45) is 11.8 Å². The van der Waals surface area contributed by atoms with Crippen LogP contribution in [0.4, 0.5) is 17.4 Å². The Hall–Kier alpha value is -3.02. The van der Waals surface area contributed by atoms with Crippen LogP contribution in [0.5, 0.6) is 0 Å². The highest BCUT2D eigenvalue weighted by atomic mass is 16.4. The van der Waals surface area contributed by atoms with Crippen LogP contribution in [0.15, 0.2) is 52.9 Å². The molecule has 2 aliphatic rings. The standard InChI is InChI=1S/C25H30N4O2/c1-18-10-14-28(15-11-18)21-8-6-20(7-9-21)26-24(30)19-12-16-29(17-13-19)25-27-22-4-2-3-5-23(22)31-25/h2-9,18-19H,10-17H2,1H3,(H,26,30). The first-order valence-electron chi connectivity index (χ1n) is 11.4. The van der Waals surface area contributed by atoms with Gasteiger partial charge in [0.25, 0.3) is 6.01 Å². The summed E-state index contributed by atoms with van der Waals surface area (Å²) in [6, 6.07) is 16.8. The number of hydrogen-bond donors (Lipinski definition) is 1. The molecule has 1 aromatic heterocycles. The lowest BCUT2D eigenvalue weighted by Gasteiger charge is -2.32. The predicted octanol–water partition coefficient (Wildman–Crippen LogP) is 4.92. The number of carbonyl (C=O) groups is 1. The Bertz CT molecular complexity index is 996.